The van der Waals surface area contributed by atoms with E-state index in [0.29, 0.717) is 17.8 Å². The fourth-order valence-electron chi connectivity index (χ4n) is 3.69. The molecule has 7 heteroatoms. The number of hydrogen-bond donors (Lipinski definition) is 1. The van der Waals surface area contributed by atoms with Crippen LogP contribution >= 0.6 is 0 Å². The van der Waals surface area contributed by atoms with Gasteiger partial charge in [-0.1, -0.05) is 17.3 Å². The zero-order valence-corrected chi connectivity index (χ0v) is 16.0. The Morgan fingerprint density at radius 2 is 2.04 bits per heavy atom. The number of ether oxygens (including phenoxy) is 1. The molecule has 0 unspecified atom stereocenters. The molecule has 144 valence electrons. The number of amides is 1. The summed E-state index contributed by atoms with van der Waals surface area (Å²) in [5.41, 5.74) is 2.91. The number of carbonyl (C=O) groups is 1. The number of aromatic nitrogens is 3. The van der Waals surface area contributed by atoms with Crippen molar-refractivity contribution in [2.24, 2.45) is 0 Å². The largest absolute Gasteiger partial charge is 0.496 e. The van der Waals surface area contributed by atoms with E-state index < -0.39 is 0 Å². The summed E-state index contributed by atoms with van der Waals surface area (Å²) < 4.78 is 7.21. The molecule has 1 saturated carbocycles. The molecule has 1 N–H and O–H groups in total. The Labute approximate surface area is 159 Å². The van der Waals surface area contributed by atoms with Crippen LogP contribution in [-0.4, -0.2) is 52.0 Å². The predicted molar refractivity (Wildman–Crippen MR) is 102 cm³/mol. The summed E-state index contributed by atoms with van der Waals surface area (Å²) in [6, 6.07) is 7.04. The van der Waals surface area contributed by atoms with Crippen molar-refractivity contribution in [2.75, 3.05) is 20.2 Å². The van der Waals surface area contributed by atoms with Crippen molar-refractivity contribution >= 4 is 5.91 Å². The molecule has 1 aliphatic carbocycles. The van der Waals surface area contributed by atoms with Gasteiger partial charge in [0, 0.05) is 25.7 Å². The van der Waals surface area contributed by atoms with Gasteiger partial charge in [0.15, 0.2) is 5.69 Å². The molecule has 0 bridgehead atoms. The Morgan fingerprint density at radius 1 is 1.26 bits per heavy atom. The Kier molecular flexibility index (Phi) is 5.11. The quantitative estimate of drug-likeness (QED) is 0.846. The summed E-state index contributed by atoms with van der Waals surface area (Å²) in [7, 11) is 1.71. The molecular weight excluding hydrogens is 342 g/mol. The number of likely N-dealkylation sites (tertiary alicyclic amines) is 1. The standard InChI is InChI=1S/C20H27N5O2/c1-14-11-15(3-6-19(14)27-2)12-24-9-7-17(8-10-24)25-13-18(22-23-25)20(26)21-16-4-5-16/h3,6,11,13,16-17H,4-5,7-10,12H2,1-2H3,(H,21,26). The first-order valence-corrected chi connectivity index (χ1v) is 9.71. The zero-order valence-electron chi connectivity index (χ0n) is 16.0. The summed E-state index contributed by atoms with van der Waals surface area (Å²) in [5, 5.41) is 11.2. The van der Waals surface area contributed by atoms with Gasteiger partial charge in [-0.3, -0.25) is 9.69 Å². The number of aryl methyl sites for hydroxylation is 1. The molecule has 0 spiro atoms. The molecule has 0 radical (unpaired) electrons. The number of hydrogen-bond acceptors (Lipinski definition) is 5. The number of benzene rings is 1. The Hall–Kier alpha value is -2.41. The topological polar surface area (TPSA) is 72.3 Å². The van der Waals surface area contributed by atoms with Crippen LogP contribution < -0.4 is 10.1 Å². The molecule has 7 nitrogen and oxygen atoms in total. The van der Waals surface area contributed by atoms with E-state index >= 15 is 0 Å². The molecule has 27 heavy (non-hydrogen) atoms. The average Bonchev–Trinajstić information content (AvgIpc) is 3.34. The van der Waals surface area contributed by atoms with Crippen molar-refractivity contribution in [3.05, 3.63) is 41.2 Å². The van der Waals surface area contributed by atoms with Gasteiger partial charge < -0.3 is 10.1 Å². The van der Waals surface area contributed by atoms with Crippen molar-refractivity contribution in [3.8, 4) is 5.75 Å². The molecule has 2 heterocycles. The predicted octanol–water partition coefficient (Wildman–Crippen LogP) is 2.32. The molecule has 1 saturated heterocycles. The van der Waals surface area contributed by atoms with Crippen LogP contribution in [0.15, 0.2) is 24.4 Å². The fourth-order valence-corrected chi connectivity index (χ4v) is 3.69. The maximum Gasteiger partial charge on any atom is 0.273 e. The summed E-state index contributed by atoms with van der Waals surface area (Å²) in [6.45, 7) is 5.05. The third-order valence-electron chi connectivity index (χ3n) is 5.45. The van der Waals surface area contributed by atoms with Crippen molar-refractivity contribution in [2.45, 2.75) is 51.2 Å². The highest BCUT2D eigenvalue weighted by molar-refractivity contribution is 5.92. The monoisotopic (exact) mass is 369 g/mol. The lowest BCUT2D eigenvalue weighted by Crippen LogP contribution is -2.34. The summed E-state index contributed by atoms with van der Waals surface area (Å²) in [5.74, 6) is 0.834. The Bertz CT molecular complexity index is 806. The Balaban J connectivity index is 1.30. The second kappa shape index (κ2) is 7.68. The van der Waals surface area contributed by atoms with Crippen LogP contribution in [0.25, 0.3) is 0 Å². The zero-order chi connectivity index (χ0) is 18.8. The van der Waals surface area contributed by atoms with Crippen LogP contribution in [0.5, 0.6) is 5.75 Å². The molecule has 1 aromatic heterocycles. The smallest absolute Gasteiger partial charge is 0.273 e. The number of nitrogens with one attached hydrogen (secondary N) is 1. The van der Waals surface area contributed by atoms with Gasteiger partial charge in [-0.25, -0.2) is 4.68 Å². The van der Waals surface area contributed by atoms with Crippen LogP contribution in [0, 0.1) is 6.92 Å². The fraction of sp³-hybridized carbons (Fsp3) is 0.550. The summed E-state index contributed by atoms with van der Waals surface area (Å²) >= 11 is 0. The van der Waals surface area contributed by atoms with Crippen molar-refractivity contribution in [1.29, 1.82) is 0 Å². The van der Waals surface area contributed by atoms with E-state index in [9.17, 15) is 4.79 Å². The number of nitrogens with zero attached hydrogens (tertiary/aromatic N) is 4. The second-order valence-electron chi connectivity index (χ2n) is 7.64. The molecular formula is C20H27N5O2. The van der Waals surface area contributed by atoms with Crippen LogP contribution in [0.4, 0.5) is 0 Å². The number of piperidine rings is 1. The van der Waals surface area contributed by atoms with Gasteiger partial charge >= 0.3 is 0 Å². The molecule has 2 fully saturated rings. The van der Waals surface area contributed by atoms with E-state index in [-0.39, 0.29) is 5.91 Å². The molecule has 2 aromatic rings. The van der Waals surface area contributed by atoms with Crippen LogP contribution in [-0.2, 0) is 6.54 Å². The summed E-state index contributed by atoms with van der Waals surface area (Å²) in [4.78, 5) is 14.5. The van der Waals surface area contributed by atoms with E-state index in [2.05, 4.69) is 39.6 Å². The van der Waals surface area contributed by atoms with Crippen LogP contribution in [0.2, 0.25) is 0 Å². The molecule has 0 atom stereocenters. The highest BCUT2D eigenvalue weighted by Crippen LogP contribution is 2.25. The van der Waals surface area contributed by atoms with Gasteiger partial charge in [0.2, 0.25) is 0 Å². The van der Waals surface area contributed by atoms with E-state index in [4.69, 9.17) is 4.74 Å². The molecule has 4 rings (SSSR count). The van der Waals surface area contributed by atoms with E-state index in [0.717, 1.165) is 51.1 Å². The van der Waals surface area contributed by atoms with Crippen molar-refractivity contribution in [3.63, 3.8) is 0 Å². The number of carbonyl (C=O) groups excluding carboxylic acids is 1. The molecule has 1 aromatic carbocycles. The summed E-state index contributed by atoms with van der Waals surface area (Å²) in [6.07, 6.45) is 5.98. The Morgan fingerprint density at radius 3 is 2.70 bits per heavy atom. The van der Waals surface area contributed by atoms with Gasteiger partial charge in [0.1, 0.15) is 5.75 Å². The first-order chi connectivity index (χ1) is 13.1. The van der Waals surface area contributed by atoms with Gasteiger partial charge in [0.05, 0.1) is 19.3 Å². The first kappa shape index (κ1) is 18.0. The third-order valence-corrected chi connectivity index (χ3v) is 5.45. The van der Waals surface area contributed by atoms with Gasteiger partial charge in [0.25, 0.3) is 5.91 Å². The van der Waals surface area contributed by atoms with Crippen molar-refractivity contribution < 1.29 is 9.53 Å². The van der Waals surface area contributed by atoms with Gasteiger partial charge in [-0.05, 0) is 49.8 Å². The second-order valence-corrected chi connectivity index (χ2v) is 7.64. The lowest BCUT2D eigenvalue weighted by molar-refractivity contribution is 0.0946. The van der Waals surface area contributed by atoms with E-state index in [1.54, 1.807) is 13.3 Å². The van der Waals surface area contributed by atoms with Gasteiger partial charge in [-0.15, -0.1) is 5.10 Å². The lowest BCUT2D eigenvalue weighted by Gasteiger charge is -2.31. The highest BCUT2D eigenvalue weighted by Gasteiger charge is 2.26. The average molecular weight is 369 g/mol. The number of methoxy groups -OCH3 is 1. The minimum Gasteiger partial charge on any atom is -0.496 e. The van der Waals surface area contributed by atoms with Gasteiger partial charge in [-0.2, -0.15) is 0 Å². The highest BCUT2D eigenvalue weighted by atomic mass is 16.5. The number of rotatable bonds is 6. The van der Waals surface area contributed by atoms with Crippen LogP contribution in [0.1, 0.15) is 53.3 Å². The maximum absolute atomic E-state index is 12.1. The maximum atomic E-state index is 12.1. The lowest BCUT2D eigenvalue weighted by atomic mass is 10.0. The minimum atomic E-state index is -0.101. The van der Waals surface area contributed by atoms with Crippen molar-refractivity contribution in [1.82, 2.24) is 25.2 Å². The van der Waals surface area contributed by atoms with Crippen LogP contribution in [0.3, 0.4) is 0 Å². The minimum absolute atomic E-state index is 0.101. The third kappa shape index (κ3) is 4.30. The molecule has 2 aliphatic rings. The van der Waals surface area contributed by atoms with E-state index in [1.165, 1.54) is 11.1 Å². The first-order valence-electron chi connectivity index (χ1n) is 9.71. The molecule has 1 aliphatic heterocycles. The normalized spacial score (nSPS) is 18.4. The van der Waals surface area contributed by atoms with E-state index in [1.807, 2.05) is 10.7 Å². The molecule has 1 amide bonds. The SMILES string of the molecule is COc1ccc(CN2CCC(n3cc(C(=O)NC4CC4)nn3)CC2)cc1C.